The molecule has 0 bridgehead atoms. The molecule has 2 N–H and O–H groups in total. The Bertz CT molecular complexity index is 485. The topological polar surface area (TPSA) is 35.5 Å². The molecule has 0 aromatic heterocycles. The molecule has 1 fully saturated rings. The maximum absolute atomic E-state index is 9.95. The van der Waals surface area contributed by atoms with Crippen LogP contribution >= 0.6 is 70.0 Å². The number of phenolic OH excluding ortho intramolecular Hbond substituents is 1. The normalized spacial score (nSPS) is 16.3. The van der Waals surface area contributed by atoms with E-state index in [1.807, 2.05) is 0 Å². The summed E-state index contributed by atoms with van der Waals surface area (Å²) in [6.07, 6.45) is 0.969. The molecule has 1 saturated heterocycles. The van der Waals surface area contributed by atoms with Crippen LogP contribution in [0.15, 0.2) is 24.3 Å². The second-order valence-electron chi connectivity index (χ2n) is 5.30. The van der Waals surface area contributed by atoms with E-state index in [0.29, 0.717) is 11.8 Å². The van der Waals surface area contributed by atoms with Gasteiger partial charge in [-0.15, -0.1) is 31.4 Å². The molecule has 0 spiro atoms. The Morgan fingerprint density at radius 2 is 1.77 bits per heavy atom. The molecular weight excluding hydrogens is 549 g/mol. The van der Waals surface area contributed by atoms with E-state index in [1.54, 1.807) is 0 Å². The van der Waals surface area contributed by atoms with Crippen LogP contribution in [0, 0.1) is 7.14 Å². The summed E-state index contributed by atoms with van der Waals surface area (Å²) < 4.78 is 1.85. The van der Waals surface area contributed by atoms with Crippen molar-refractivity contribution in [2.75, 3.05) is 26.2 Å². The lowest BCUT2D eigenvalue weighted by atomic mass is 9.98. The number of halogens is 4. The molecule has 0 radical (unpaired) electrons. The Balaban J connectivity index is 0.00000220. The zero-order chi connectivity index (χ0) is 14.7. The molecular formula is C15H22Cl2I2N2O. The van der Waals surface area contributed by atoms with Crippen molar-refractivity contribution in [2.24, 2.45) is 0 Å². The van der Waals surface area contributed by atoms with Crippen LogP contribution in [0.25, 0.3) is 0 Å². The van der Waals surface area contributed by atoms with Gasteiger partial charge in [-0.3, -0.25) is 4.90 Å². The Labute approximate surface area is 172 Å². The van der Waals surface area contributed by atoms with Crippen molar-refractivity contribution < 1.29 is 5.11 Å². The minimum Gasteiger partial charge on any atom is -0.506 e. The first-order chi connectivity index (χ1) is 9.49. The minimum absolute atomic E-state index is 0. The number of nitrogens with one attached hydrogen (secondary N) is 1. The summed E-state index contributed by atoms with van der Waals surface area (Å²) in [6, 6.07) is 4.57. The lowest BCUT2D eigenvalue weighted by Crippen LogP contribution is -2.45. The zero-order valence-corrected chi connectivity index (χ0v) is 18.4. The first-order valence-electron chi connectivity index (χ1n) is 6.76. The maximum atomic E-state index is 9.95. The van der Waals surface area contributed by atoms with Gasteiger partial charge in [0, 0.05) is 32.2 Å². The molecule has 2 rings (SSSR count). The van der Waals surface area contributed by atoms with Crippen molar-refractivity contribution in [3.8, 4) is 5.75 Å². The number of benzene rings is 1. The lowest BCUT2D eigenvalue weighted by Gasteiger charge is -2.35. The number of phenols is 1. The van der Waals surface area contributed by atoms with Gasteiger partial charge in [0.2, 0.25) is 0 Å². The van der Waals surface area contributed by atoms with Crippen LogP contribution in [0.2, 0.25) is 0 Å². The van der Waals surface area contributed by atoms with Crippen LogP contribution in [0.5, 0.6) is 5.75 Å². The fourth-order valence-electron chi connectivity index (χ4n) is 2.56. The van der Waals surface area contributed by atoms with E-state index >= 15 is 0 Å². The molecule has 1 aliphatic heterocycles. The van der Waals surface area contributed by atoms with Gasteiger partial charge in [0.25, 0.3) is 0 Å². The third kappa shape index (κ3) is 5.98. The molecule has 126 valence electrons. The fraction of sp³-hybridized carbons (Fsp3) is 0.467. The molecule has 0 aliphatic carbocycles. The lowest BCUT2D eigenvalue weighted by molar-refractivity contribution is 0.172. The minimum atomic E-state index is 0. The van der Waals surface area contributed by atoms with Crippen molar-refractivity contribution in [1.29, 1.82) is 0 Å². The average molecular weight is 571 g/mol. The van der Waals surface area contributed by atoms with Gasteiger partial charge < -0.3 is 10.4 Å². The molecule has 3 nitrogen and oxygen atoms in total. The van der Waals surface area contributed by atoms with Crippen LogP contribution in [0.3, 0.4) is 0 Å². The highest BCUT2D eigenvalue weighted by Crippen LogP contribution is 2.34. The van der Waals surface area contributed by atoms with Crippen molar-refractivity contribution in [1.82, 2.24) is 10.2 Å². The summed E-state index contributed by atoms with van der Waals surface area (Å²) in [5, 5.41) is 13.3. The van der Waals surface area contributed by atoms with Gasteiger partial charge in [0.15, 0.2) is 0 Å². The summed E-state index contributed by atoms with van der Waals surface area (Å²) in [4.78, 5) is 2.52. The van der Waals surface area contributed by atoms with Gasteiger partial charge in [-0.2, -0.15) is 0 Å². The number of aromatic hydroxyl groups is 1. The molecule has 0 amide bonds. The largest absolute Gasteiger partial charge is 0.506 e. The first kappa shape index (κ1) is 22.7. The number of hydrogen-bond donors (Lipinski definition) is 2. The van der Waals surface area contributed by atoms with Crippen molar-refractivity contribution in [2.45, 2.75) is 19.4 Å². The molecule has 1 atom stereocenters. The maximum Gasteiger partial charge on any atom is 0.142 e. The SMILES string of the molecule is C=C(C)C[C@@H](c1cc(I)c(O)c(I)c1)N1CCNCC1.Cl.Cl. The quantitative estimate of drug-likeness (QED) is 0.417. The summed E-state index contributed by atoms with van der Waals surface area (Å²) in [5.74, 6) is 0.393. The second-order valence-corrected chi connectivity index (χ2v) is 7.62. The number of nitrogens with zero attached hydrogens (tertiary/aromatic N) is 1. The highest BCUT2D eigenvalue weighted by atomic mass is 127. The van der Waals surface area contributed by atoms with Crippen molar-refractivity contribution in [3.05, 3.63) is 37.0 Å². The van der Waals surface area contributed by atoms with Crippen LogP contribution in [0.4, 0.5) is 0 Å². The molecule has 1 aliphatic rings. The summed E-state index contributed by atoms with van der Waals surface area (Å²) in [6.45, 7) is 10.4. The predicted molar refractivity (Wildman–Crippen MR) is 115 cm³/mol. The Hall–Kier alpha value is 0.720. The smallest absolute Gasteiger partial charge is 0.142 e. The number of hydrogen-bond acceptors (Lipinski definition) is 3. The molecule has 0 saturated carbocycles. The van der Waals surface area contributed by atoms with Crippen molar-refractivity contribution >= 4 is 70.0 Å². The van der Waals surface area contributed by atoms with Crippen LogP contribution in [-0.2, 0) is 0 Å². The Kier molecular flexibility index (Phi) is 10.9. The predicted octanol–water partition coefficient (Wildman–Crippen LogP) is 4.36. The first-order valence-corrected chi connectivity index (χ1v) is 8.92. The third-order valence-electron chi connectivity index (χ3n) is 3.56. The standard InChI is InChI=1S/C15H20I2N2O.2ClH/c1-10(2)7-14(19-5-3-18-4-6-19)11-8-12(16)15(20)13(17)9-11;;/h8-9,14,18,20H,1,3-7H2,2H3;2*1H/t14-;;/m0../s1. The highest BCUT2D eigenvalue weighted by molar-refractivity contribution is 14.1. The number of piperazine rings is 1. The zero-order valence-electron chi connectivity index (χ0n) is 12.4. The molecule has 1 aromatic rings. The van der Waals surface area contributed by atoms with E-state index in [1.165, 1.54) is 11.1 Å². The van der Waals surface area contributed by atoms with Gasteiger partial charge in [-0.05, 0) is 76.2 Å². The fourth-order valence-corrected chi connectivity index (χ4v) is 4.38. The molecule has 22 heavy (non-hydrogen) atoms. The Morgan fingerprint density at radius 1 is 1.27 bits per heavy atom. The van der Waals surface area contributed by atoms with Crippen LogP contribution in [-0.4, -0.2) is 36.2 Å². The summed E-state index contributed by atoms with van der Waals surface area (Å²) in [7, 11) is 0. The Morgan fingerprint density at radius 3 is 2.23 bits per heavy atom. The van der Waals surface area contributed by atoms with Gasteiger partial charge in [-0.1, -0.05) is 5.57 Å². The van der Waals surface area contributed by atoms with E-state index in [2.05, 4.69) is 81.0 Å². The third-order valence-corrected chi connectivity index (χ3v) is 5.20. The monoisotopic (exact) mass is 570 g/mol. The summed E-state index contributed by atoms with van der Waals surface area (Å²) >= 11 is 4.41. The molecule has 1 aromatic carbocycles. The van der Waals surface area contributed by atoms with E-state index < -0.39 is 0 Å². The van der Waals surface area contributed by atoms with Gasteiger partial charge in [0.05, 0.1) is 7.14 Å². The van der Waals surface area contributed by atoms with Crippen LogP contribution in [0.1, 0.15) is 24.9 Å². The van der Waals surface area contributed by atoms with E-state index in [4.69, 9.17) is 0 Å². The second kappa shape index (κ2) is 10.6. The molecule has 1 heterocycles. The highest BCUT2D eigenvalue weighted by Gasteiger charge is 2.23. The van der Waals surface area contributed by atoms with E-state index in [-0.39, 0.29) is 24.8 Å². The van der Waals surface area contributed by atoms with E-state index in [9.17, 15) is 5.11 Å². The molecule has 7 heteroatoms. The summed E-state index contributed by atoms with van der Waals surface area (Å²) in [5.41, 5.74) is 2.48. The molecule has 0 unspecified atom stereocenters. The van der Waals surface area contributed by atoms with E-state index in [0.717, 1.165) is 39.7 Å². The van der Waals surface area contributed by atoms with Gasteiger partial charge >= 0.3 is 0 Å². The average Bonchev–Trinajstić information content (AvgIpc) is 2.42. The van der Waals surface area contributed by atoms with Gasteiger partial charge in [-0.25, -0.2) is 0 Å². The van der Waals surface area contributed by atoms with Gasteiger partial charge in [0.1, 0.15) is 5.75 Å². The number of rotatable bonds is 4. The van der Waals surface area contributed by atoms with Crippen molar-refractivity contribution in [3.63, 3.8) is 0 Å². The van der Waals surface area contributed by atoms with Crippen LogP contribution < -0.4 is 5.32 Å².